The van der Waals surface area contributed by atoms with Gasteiger partial charge in [0.1, 0.15) is 11.5 Å². The molecule has 0 aromatic heterocycles. The van der Waals surface area contributed by atoms with E-state index < -0.39 is 0 Å². The van der Waals surface area contributed by atoms with E-state index in [0.717, 1.165) is 19.4 Å². The minimum atomic E-state index is -0.0947. The van der Waals surface area contributed by atoms with Crippen LogP contribution in [-0.2, 0) is 0 Å². The molecule has 0 bridgehead atoms. The maximum atomic E-state index is 12.3. The molecule has 1 aromatic rings. The summed E-state index contributed by atoms with van der Waals surface area (Å²) in [4.78, 5) is 12.3. The average Bonchev–Trinajstić information content (AvgIpc) is 2.48. The molecule has 1 saturated heterocycles. The number of carbonyl (C=O) groups excluding carboxylic acids is 1. The van der Waals surface area contributed by atoms with Crippen molar-refractivity contribution in [3.63, 3.8) is 0 Å². The van der Waals surface area contributed by atoms with Crippen molar-refractivity contribution in [2.45, 2.75) is 31.8 Å². The van der Waals surface area contributed by atoms with E-state index in [1.165, 1.54) is 0 Å². The van der Waals surface area contributed by atoms with Crippen LogP contribution in [0.4, 0.5) is 0 Å². The number of hydrogen-bond donors (Lipinski definition) is 2. The Kier molecular flexibility index (Phi) is 4.84. The van der Waals surface area contributed by atoms with Crippen molar-refractivity contribution in [3.8, 4) is 11.5 Å². The van der Waals surface area contributed by atoms with E-state index in [4.69, 9.17) is 9.47 Å². The zero-order valence-corrected chi connectivity index (χ0v) is 12.2. The topological polar surface area (TPSA) is 59.6 Å². The number of carbonyl (C=O) groups is 1. The molecule has 0 aliphatic carbocycles. The molecule has 2 atom stereocenters. The molecule has 0 radical (unpaired) electrons. The maximum absolute atomic E-state index is 12.3. The van der Waals surface area contributed by atoms with Gasteiger partial charge in [-0.2, -0.15) is 0 Å². The highest BCUT2D eigenvalue weighted by Gasteiger charge is 2.23. The number of rotatable bonds is 4. The summed E-state index contributed by atoms with van der Waals surface area (Å²) in [5.74, 6) is 1.14. The molecule has 5 nitrogen and oxygen atoms in total. The van der Waals surface area contributed by atoms with Gasteiger partial charge in [-0.15, -0.1) is 0 Å². The molecule has 1 heterocycles. The van der Waals surface area contributed by atoms with E-state index in [9.17, 15) is 4.79 Å². The summed E-state index contributed by atoms with van der Waals surface area (Å²) in [6.45, 7) is 3.11. The normalized spacial score (nSPS) is 22.1. The van der Waals surface area contributed by atoms with Crippen molar-refractivity contribution >= 4 is 5.91 Å². The fourth-order valence-corrected chi connectivity index (χ4v) is 2.43. The summed E-state index contributed by atoms with van der Waals surface area (Å²) >= 11 is 0. The van der Waals surface area contributed by atoms with Crippen molar-refractivity contribution < 1.29 is 14.3 Å². The molecule has 1 amide bonds. The molecule has 20 heavy (non-hydrogen) atoms. The molecule has 0 spiro atoms. The number of piperidine rings is 1. The number of ether oxygens (including phenoxy) is 2. The molecule has 1 aromatic carbocycles. The Hall–Kier alpha value is -1.75. The number of nitrogens with one attached hydrogen (secondary N) is 2. The summed E-state index contributed by atoms with van der Waals surface area (Å²) in [5, 5.41) is 6.44. The molecule has 5 heteroatoms. The van der Waals surface area contributed by atoms with Gasteiger partial charge >= 0.3 is 0 Å². The summed E-state index contributed by atoms with van der Waals surface area (Å²) < 4.78 is 10.4. The molecule has 1 aliphatic rings. The number of methoxy groups -OCH3 is 2. The third kappa shape index (κ3) is 3.42. The van der Waals surface area contributed by atoms with Crippen LogP contribution in [0.25, 0.3) is 0 Å². The highest BCUT2D eigenvalue weighted by atomic mass is 16.5. The van der Waals surface area contributed by atoms with Gasteiger partial charge in [0.15, 0.2) is 0 Å². The van der Waals surface area contributed by atoms with Crippen LogP contribution >= 0.6 is 0 Å². The fraction of sp³-hybridized carbons (Fsp3) is 0.533. The Morgan fingerprint density at radius 1 is 1.25 bits per heavy atom. The van der Waals surface area contributed by atoms with E-state index >= 15 is 0 Å². The van der Waals surface area contributed by atoms with Gasteiger partial charge in [-0.25, -0.2) is 0 Å². The Bertz CT molecular complexity index is 454. The van der Waals surface area contributed by atoms with Gasteiger partial charge in [-0.1, -0.05) is 0 Å². The number of amides is 1. The van der Waals surface area contributed by atoms with Gasteiger partial charge in [0.05, 0.1) is 14.2 Å². The van der Waals surface area contributed by atoms with Crippen molar-refractivity contribution in [1.29, 1.82) is 0 Å². The van der Waals surface area contributed by atoms with Crippen LogP contribution in [-0.4, -0.2) is 38.8 Å². The Balaban J connectivity index is 2.11. The van der Waals surface area contributed by atoms with Gasteiger partial charge in [-0.3, -0.25) is 4.79 Å². The van der Waals surface area contributed by atoms with E-state index in [-0.39, 0.29) is 11.9 Å². The van der Waals surface area contributed by atoms with Gasteiger partial charge in [0.25, 0.3) is 5.91 Å². The lowest BCUT2D eigenvalue weighted by Gasteiger charge is -2.30. The quantitative estimate of drug-likeness (QED) is 0.878. The minimum Gasteiger partial charge on any atom is -0.497 e. The van der Waals surface area contributed by atoms with Crippen LogP contribution in [0, 0.1) is 0 Å². The van der Waals surface area contributed by atoms with Crippen molar-refractivity contribution in [2.75, 3.05) is 20.8 Å². The smallest absolute Gasteiger partial charge is 0.251 e. The standard InChI is InChI=1S/C15H22N2O3/c1-10-14(5-4-6-16-10)17-15(18)11-7-12(19-2)9-13(8-11)20-3/h7-10,14,16H,4-6H2,1-3H3,(H,17,18). The van der Waals surface area contributed by atoms with Crippen molar-refractivity contribution in [2.24, 2.45) is 0 Å². The van der Waals surface area contributed by atoms with E-state index in [1.54, 1.807) is 32.4 Å². The Morgan fingerprint density at radius 2 is 1.90 bits per heavy atom. The molecule has 2 unspecified atom stereocenters. The molecule has 1 aliphatic heterocycles. The molecule has 2 N–H and O–H groups in total. The lowest BCUT2D eigenvalue weighted by molar-refractivity contribution is 0.0919. The fourth-order valence-electron chi connectivity index (χ4n) is 2.43. The molecule has 0 saturated carbocycles. The van der Waals surface area contributed by atoms with Crippen LogP contribution < -0.4 is 20.1 Å². The first kappa shape index (κ1) is 14.7. The highest BCUT2D eigenvalue weighted by Crippen LogP contribution is 2.22. The van der Waals surface area contributed by atoms with E-state index in [0.29, 0.717) is 23.1 Å². The molecular weight excluding hydrogens is 256 g/mol. The number of hydrogen-bond acceptors (Lipinski definition) is 4. The van der Waals surface area contributed by atoms with Crippen LogP contribution in [0.15, 0.2) is 18.2 Å². The van der Waals surface area contributed by atoms with E-state index in [2.05, 4.69) is 17.6 Å². The first-order valence-corrected chi connectivity index (χ1v) is 6.91. The lowest BCUT2D eigenvalue weighted by Crippen LogP contribution is -2.51. The van der Waals surface area contributed by atoms with Crippen LogP contribution in [0.1, 0.15) is 30.1 Å². The van der Waals surface area contributed by atoms with Crippen LogP contribution in [0.3, 0.4) is 0 Å². The predicted octanol–water partition coefficient (Wildman–Crippen LogP) is 1.57. The minimum absolute atomic E-state index is 0.0947. The molecule has 2 rings (SSSR count). The second-order valence-corrected chi connectivity index (χ2v) is 5.07. The Labute approximate surface area is 119 Å². The zero-order chi connectivity index (χ0) is 14.5. The summed E-state index contributed by atoms with van der Waals surface area (Å²) in [5.41, 5.74) is 0.555. The first-order valence-electron chi connectivity index (χ1n) is 6.91. The third-order valence-corrected chi connectivity index (χ3v) is 3.69. The molecule has 110 valence electrons. The lowest BCUT2D eigenvalue weighted by atomic mass is 9.99. The largest absolute Gasteiger partial charge is 0.497 e. The van der Waals surface area contributed by atoms with Gasteiger partial charge < -0.3 is 20.1 Å². The zero-order valence-electron chi connectivity index (χ0n) is 12.2. The van der Waals surface area contributed by atoms with Gasteiger partial charge in [0.2, 0.25) is 0 Å². The van der Waals surface area contributed by atoms with Crippen LogP contribution in [0.5, 0.6) is 11.5 Å². The molecule has 1 fully saturated rings. The van der Waals surface area contributed by atoms with Gasteiger partial charge in [-0.05, 0) is 38.4 Å². The maximum Gasteiger partial charge on any atom is 0.251 e. The predicted molar refractivity (Wildman–Crippen MR) is 77.5 cm³/mol. The average molecular weight is 278 g/mol. The third-order valence-electron chi connectivity index (χ3n) is 3.69. The first-order chi connectivity index (χ1) is 9.63. The second kappa shape index (κ2) is 6.61. The van der Waals surface area contributed by atoms with Gasteiger partial charge in [0, 0.05) is 23.7 Å². The highest BCUT2D eigenvalue weighted by molar-refractivity contribution is 5.95. The Morgan fingerprint density at radius 3 is 2.45 bits per heavy atom. The monoisotopic (exact) mass is 278 g/mol. The summed E-state index contributed by atoms with van der Waals surface area (Å²) in [6.07, 6.45) is 2.08. The number of benzene rings is 1. The summed E-state index contributed by atoms with van der Waals surface area (Å²) in [6, 6.07) is 5.65. The van der Waals surface area contributed by atoms with Crippen molar-refractivity contribution in [1.82, 2.24) is 10.6 Å². The van der Waals surface area contributed by atoms with Crippen LogP contribution in [0.2, 0.25) is 0 Å². The summed E-state index contributed by atoms with van der Waals surface area (Å²) in [7, 11) is 3.15. The van der Waals surface area contributed by atoms with Crippen molar-refractivity contribution in [3.05, 3.63) is 23.8 Å². The molecular formula is C15H22N2O3. The van der Waals surface area contributed by atoms with E-state index in [1.807, 2.05) is 0 Å². The second-order valence-electron chi connectivity index (χ2n) is 5.07. The SMILES string of the molecule is COc1cc(OC)cc(C(=O)NC2CCCNC2C)c1.